The van der Waals surface area contributed by atoms with Gasteiger partial charge in [0.25, 0.3) is 5.91 Å². The van der Waals surface area contributed by atoms with Crippen LogP contribution in [0.25, 0.3) is 0 Å². The second-order valence-corrected chi connectivity index (χ2v) is 8.75. The predicted molar refractivity (Wildman–Crippen MR) is 132 cm³/mol. The smallest absolute Gasteiger partial charge is 0.251 e. The minimum Gasteiger partial charge on any atom is -0.495 e. The molecule has 0 bridgehead atoms. The second-order valence-electron chi connectivity index (χ2n) is 8.75. The van der Waals surface area contributed by atoms with Crippen molar-refractivity contribution < 1.29 is 14.3 Å². The van der Waals surface area contributed by atoms with Crippen molar-refractivity contribution in [3.63, 3.8) is 0 Å². The molecule has 2 saturated heterocycles. The number of amides is 2. The first kappa shape index (κ1) is 22.3. The van der Waals surface area contributed by atoms with Gasteiger partial charge in [-0.05, 0) is 23.3 Å². The summed E-state index contributed by atoms with van der Waals surface area (Å²) >= 11 is 0. The number of para-hydroxylation sites is 2. The van der Waals surface area contributed by atoms with E-state index in [0.717, 1.165) is 26.2 Å². The summed E-state index contributed by atoms with van der Waals surface area (Å²) in [4.78, 5) is 32.1. The number of nitrogens with zero attached hydrogens (tertiary/aromatic N) is 3. The van der Waals surface area contributed by atoms with Crippen molar-refractivity contribution in [3.05, 3.63) is 96.1 Å². The van der Waals surface area contributed by atoms with E-state index in [0.29, 0.717) is 11.4 Å². The van der Waals surface area contributed by atoms with Gasteiger partial charge in [-0.3, -0.25) is 19.4 Å². The van der Waals surface area contributed by atoms with Crippen LogP contribution in [0.15, 0.2) is 84.9 Å². The third kappa shape index (κ3) is 4.22. The molecule has 0 spiro atoms. The normalized spacial score (nSPS) is 19.7. The zero-order valence-electron chi connectivity index (χ0n) is 19.3. The molecule has 6 nitrogen and oxygen atoms in total. The minimum absolute atomic E-state index is 0.161. The Balaban J connectivity index is 1.32. The number of ether oxygens (including phenoxy) is 1. The molecule has 0 aliphatic carbocycles. The first-order valence-corrected chi connectivity index (χ1v) is 11.7. The molecule has 2 aliphatic rings. The Bertz CT molecular complexity index is 1100. The number of methoxy groups -OCH3 is 1. The summed E-state index contributed by atoms with van der Waals surface area (Å²) in [7, 11) is 1.55. The second kappa shape index (κ2) is 9.79. The molecule has 34 heavy (non-hydrogen) atoms. The molecule has 5 rings (SSSR count). The van der Waals surface area contributed by atoms with Crippen LogP contribution in [-0.2, 0) is 9.59 Å². The van der Waals surface area contributed by atoms with Crippen LogP contribution in [-0.4, -0.2) is 60.9 Å². The molecule has 2 aliphatic heterocycles. The van der Waals surface area contributed by atoms with Gasteiger partial charge in [-0.25, -0.2) is 4.90 Å². The molecule has 3 aromatic rings. The third-order valence-corrected chi connectivity index (χ3v) is 6.83. The van der Waals surface area contributed by atoms with Gasteiger partial charge in [-0.2, -0.15) is 0 Å². The van der Waals surface area contributed by atoms with E-state index in [1.54, 1.807) is 19.2 Å². The summed E-state index contributed by atoms with van der Waals surface area (Å²) in [6.07, 6.45) is 0.206. The summed E-state index contributed by atoms with van der Waals surface area (Å²) in [6.45, 7) is 3.11. The Hall–Kier alpha value is -3.48. The van der Waals surface area contributed by atoms with E-state index in [1.807, 2.05) is 24.3 Å². The molecule has 1 unspecified atom stereocenters. The Morgan fingerprint density at radius 3 is 1.91 bits per heavy atom. The molecule has 6 heteroatoms. The van der Waals surface area contributed by atoms with Gasteiger partial charge in [0, 0.05) is 26.2 Å². The number of imide groups is 1. The standard InChI is InChI=1S/C28H29N3O3/c1-34-25-15-9-8-14-23(25)31-26(32)20-24(28(31)33)29-16-18-30(19-17-29)27(21-10-4-2-5-11-21)22-12-6-3-7-13-22/h2-15,24,27H,16-20H2,1H3. The lowest BCUT2D eigenvalue weighted by Crippen LogP contribution is -2.53. The summed E-state index contributed by atoms with van der Waals surface area (Å²) < 4.78 is 5.39. The van der Waals surface area contributed by atoms with Crippen molar-refractivity contribution in [1.29, 1.82) is 0 Å². The van der Waals surface area contributed by atoms with Crippen molar-refractivity contribution in [1.82, 2.24) is 9.80 Å². The van der Waals surface area contributed by atoms with E-state index >= 15 is 0 Å². The first-order valence-electron chi connectivity index (χ1n) is 11.7. The lowest BCUT2D eigenvalue weighted by Gasteiger charge is -2.41. The van der Waals surface area contributed by atoms with Gasteiger partial charge in [0.15, 0.2) is 0 Å². The van der Waals surface area contributed by atoms with E-state index < -0.39 is 6.04 Å². The Labute approximate surface area is 200 Å². The zero-order chi connectivity index (χ0) is 23.5. The van der Waals surface area contributed by atoms with Gasteiger partial charge in [-0.1, -0.05) is 72.8 Å². The van der Waals surface area contributed by atoms with Gasteiger partial charge in [0.1, 0.15) is 5.75 Å². The van der Waals surface area contributed by atoms with Crippen LogP contribution in [0.1, 0.15) is 23.6 Å². The first-order chi connectivity index (χ1) is 16.7. The van der Waals surface area contributed by atoms with Crippen molar-refractivity contribution in [3.8, 4) is 5.75 Å². The molecule has 3 aromatic carbocycles. The van der Waals surface area contributed by atoms with Gasteiger partial charge in [-0.15, -0.1) is 0 Å². The fourth-order valence-corrected chi connectivity index (χ4v) is 5.16. The highest BCUT2D eigenvalue weighted by Gasteiger charge is 2.44. The van der Waals surface area contributed by atoms with Crippen LogP contribution in [0.4, 0.5) is 5.69 Å². The molecule has 0 N–H and O–H groups in total. The molecule has 1 atom stereocenters. The topological polar surface area (TPSA) is 53.1 Å². The van der Waals surface area contributed by atoms with E-state index in [9.17, 15) is 9.59 Å². The van der Waals surface area contributed by atoms with Crippen LogP contribution in [0.5, 0.6) is 5.75 Å². The molecule has 2 fully saturated rings. The molecule has 174 valence electrons. The molecular weight excluding hydrogens is 426 g/mol. The average molecular weight is 456 g/mol. The highest BCUT2D eigenvalue weighted by Crippen LogP contribution is 2.34. The van der Waals surface area contributed by atoms with E-state index in [2.05, 4.69) is 58.3 Å². The number of carbonyl (C=O) groups is 2. The number of benzene rings is 3. The van der Waals surface area contributed by atoms with Gasteiger partial charge in [0.05, 0.1) is 31.3 Å². The van der Waals surface area contributed by atoms with Gasteiger partial charge in [0.2, 0.25) is 5.91 Å². The Kier molecular flexibility index (Phi) is 6.43. The molecule has 0 saturated carbocycles. The summed E-state index contributed by atoms with van der Waals surface area (Å²) in [5.41, 5.74) is 3.04. The van der Waals surface area contributed by atoms with Crippen molar-refractivity contribution in [2.75, 3.05) is 38.2 Å². The third-order valence-electron chi connectivity index (χ3n) is 6.83. The fourth-order valence-electron chi connectivity index (χ4n) is 5.16. The number of hydrogen-bond acceptors (Lipinski definition) is 5. The summed E-state index contributed by atoms with van der Waals surface area (Å²) in [6, 6.07) is 28.0. The van der Waals surface area contributed by atoms with Gasteiger partial charge >= 0.3 is 0 Å². The Morgan fingerprint density at radius 2 is 1.32 bits per heavy atom. The largest absolute Gasteiger partial charge is 0.495 e. The van der Waals surface area contributed by atoms with Crippen LogP contribution in [0, 0.1) is 0 Å². The average Bonchev–Trinajstić information content (AvgIpc) is 3.19. The molecule has 0 aromatic heterocycles. The molecule has 2 heterocycles. The van der Waals surface area contributed by atoms with Crippen molar-refractivity contribution >= 4 is 17.5 Å². The summed E-state index contributed by atoms with van der Waals surface area (Å²) in [5.74, 6) is 0.197. The number of hydrogen-bond donors (Lipinski definition) is 0. The fraction of sp³-hybridized carbons (Fsp3) is 0.286. The lowest BCUT2D eigenvalue weighted by molar-refractivity contribution is -0.123. The summed E-state index contributed by atoms with van der Waals surface area (Å²) in [5, 5.41) is 0. The number of anilines is 1. The van der Waals surface area contributed by atoms with Crippen molar-refractivity contribution in [2.24, 2.45) is 0 Å². The predicted octanol–water partition coefficient (Wildman–Crippen LogP) is 3.73. The van der Waals surface area contributed by atoms with E-state index in [4.69, 9.17) is 4.74 Å². The Morgan fingerprint density at radius 1 is 0.765 bits per heavy atom. The minimum atomic E-state index is -0.425. The number of carbonyl (C=O) groups excluding carboxylic acids is 2. The maximum atomic E-state index is 13.3. The molecule has 0 radical (unpaired) electrons. The van der Waals surface area contributed by atoms with Gasteiger partial charge < -0.3 is 4.74 Å². The van der Waals surface area contributed by atoms with E-state index in [1.165, 1.54) is 16.0 Å². The molecular formula is C28H29N3O3. The van der Waals surface area contributed by atoms with E-state index in [-0.39, 0.29) is 24.3 Å². The van der Waals surface area contributed by atoms with Crippen LogP contribution < -0.4 is 9.64 Å². The van der Waals surface area contributed by atoms with Crippen molar-refractivity contribution in [2.45, 2.75) is 18.5 Å². The quantitative estimate of drug-likeness (QED) is 0.530. The maximum absolute atomic E-state index is 13.3. The maximum Gasteiger partial charge on any atom is 0.251 e. The number of piperazine rings is 1. The highest BCUT2D eigenvalue weighted by atomic mass is 16.5. The zero-order valence-corrected chi connectivity index (χ0v) is 19.3. The monoisotopic (exact) mass is 455 g/mol. The lowest BCUT2D eigenvalue weighted by atomic mass is 9.96. The SMILES string of the molecule is COc1ccccc1N1C(=O)CC(N2CCN(C(c3ccccc3)c3ccccc3)CC2)C1=O. The van der Waals surface area contributed by atoms with Crippen LogP contribution in [0.3, 0.4) is 0 Å². The molecule has 2 amide bonds. The van der Waals surface area contributed by atoms with Crippen LogP contribution >= 0.6 is 0 Å². The highest BCUT2D eigenvalue weighted by molar-refractivity contribution is 6.23. The van der Waals surface area contributed by atoms with Crippen LogP contribution in [0.2, 0.25) is 0 Å². The number of rotatable bonds is 6.